The lowest BCUT2D eigenvalue weighted by Crippen LogP contribution is -2.11. The molecule has 100 valence electrons. The van der Waals surface area contributed by atoms with Gasteiger partial charge in [-0.2, -0.15) is 0 Å². The van der Waals surface area contributed by atoms with Gasteiger partial charge >= 0.3 is 0 Å². The van der Waals surface area contributed by atoms with Crippen molar-refractivity contribution in [2.45, 2.75) is 26.7 Å². The summed E-state index contributed by atoms with van der Waals surface area (Å²) in [6.07, 6.45) is 0. The monoisotopic (exact) mass is 254 g/mol. The van der Waals surface area contributed by atoms with Gasteiger partial charge in [-0.15, -0.1) is 0 Å². The highest BCUT2D eigenvalue weighted by Crippen LogP contribution is 2.30. The minimum Gasteiger partial charge on any atom is -0.399 e. The third-order valence-electron chi connectivity index (χ3n) is 3.52. The molecular weight excluding hydrogens is 232 g/mol. The molecule has 0 unspecified atom stereocenters. The van der Waals surface area contributed by atoms with Crippen LogP contribution < -0.4 is 10.6 Å². The maximum Gasteiger partial charge on any atom is 0.0440 e. The number of nitrogen functional groups attached to an aromatic ring is 1. The minimum absolute atomic E-state index is 0.536. The molecular formula is C17H22N2. The van der Waals surface area contributed by atoms with E-state index in [4.69, 9.17) is 5.73 Å². The maximum absolute atomic E-state index is 5.86. The fourth-order valence-electron chi connectivity index (χ4n) is 2.22. The molecule has 0 saturated carbocycles. The van der Waals surface area contributed by atoms with Crippen molar-refractivity contribution in [1.82, 2.24) is 0 Å². The first-order chi connectivity index (χ1) is 8.99. The molecule has 0 bridgehead atoms. The van der Waals surface area contributed by atoms with Crippen molar-refractivity contribution < 1.29 is 0 Å². The van der Waals surface area contributed by atoms with Crippen LogP contribution in [-0.2, 0) is 0 Å². The SMILES string of the molecule is Cc1ccc(C(C)C)cc1N(C)c1cccc(N)c1. The first-order valence-corrected chi connectivity index (χ1v) is 6.69. The van der Waals surface area contributed by atoms with Crippen molar-refractivity contribution in [3.63, 3.8) is 0 Å². The summed E-state index contributed by atoms with van der Waals surface area (Å²) in [4.78, 5) is 2.19. The molecule has 2 heteroatoms. The average Bonchev–Trinajstić information content (AvgIpc) is 2.38. The van der Waals surface area contributed by atoms with Gasteiger partial charge in [0.05, 0.1) is 0 Å². The zero-order valence-corrected chi connectivity index (χ0v) is 12.1. The molecule has 2 rings (SSSR count). The second-order valence-corrected chi connectivity index (χ2v) is 5.35. The lowest BCUT2D eigenvalue weighted by Gasteiger charge is -2.23. The van der Waals surface area contributed by atoms with Crippen LogP contribution in [0.5, 0.6) is 0 Å². The number of benzene rings is 2. The smallest absolute Gasteiger partial charge is 0.0440 e. The Morgan fingerprint density at radius 2 is 1.79 bits per heavy atom. The standard InChI is InChI=1S/C17H22N2/c1-12(2)14-9-8-13(3)17(10-14)19(4)16-7-5-6-15(18)11-16/h5-12H,18H2,1-4H3. The zero-order chi connectivity index (χ0) is 14.0. The fraction of sp³-hybridized carbons (Fsp3) is 0.294. The largest absolute Gasteiger partial charge is 0.399 e. The van der Waals surface area contributed by atoms with Crippen molar-refractivity contribution in [3.8, 4) is 0 Å². The van der Waals surface area contributed by atoms with Gasteiger partial charge in [-0.05, 0) is 48.2 Å². The van der Waals surface area contributed by atoms with Gasteiger partial charge in [-0.3, -0.25) is 0 Å². The lowest BCUT2D eigenvalue weighted by molar-refractivity contribution is 0.865. The topological polar surface area (TPSA) is 29.3 Å². The predicted molar refractivity (Wildman–Crippen MR) is 84.2 cm³/mol. The normalized spacial score (nSPS) is 10.8. The van der Waals surface area contributed by atoms with E-state index in [1.165, 1.54) is 16.8 Å². The third-order valence-corrected chi connectivity index (χ3v) is 3.52. The molecule has 0 amide bonds. The van der Waals surface area contributed by atoms with Gasteiger partial charge in [0.15, 0.2) is 0 Å². The molecule has 0 radical (unpaired) electrons. The number of aryl methyl sites for hydroxylation is 1. The van der Waals surface area contributed by atoms with E-state index in [2.05, 4.69) is 57.0 Å². The van der Waals surface area contributed by atoms with Gasteiger partial charge in [-0.25, -0.2) is 0 Å². The summed E-state index contributed by atoms with van der Waals surface area (Å²) in [6, 6.07) is 14.6. The summed E-state index contributed by atoms with van der Waals surface area (Å²) in [7, 11) is 2.08. The van der Waals surface area contributed by atoms with Crippen molar-refractivity contribution in [3.05, 3.63) is 53.6 Å². The highest BCUT2D eigenvalue weighted by atomic mass is 15.1. The van der Waals surface area contributed by atoms with E-state index in [1.54, 1.807) is 0 Å². The Hall–Kier alpha value is -1.96. The second kappa shape index (κ2) is 5.35. The molecule has 0 aliphatic carbocycles. The first-order valence-electron chi connectivity index (χ1n) is 6.69. The first kappa shape index (κ1) is 13.5. The molecule has 2 N–H and O–H groups in total. The van der Waals surface area contributed by atoms with Gasteiger partial charge in [0, 0.05) is 24.1 Å². The van der Waals surface area contributed by atoms with Crippen LogP contribution in [0.3, 0.4) is 0 Å². The molecule has 0 fully saturated rings. The molecule has 0 atom stereocenters. The summed E-state index contributed by atoms with van der Waals surface area (Å²) in [5.41, 5.74) is 11.6. The van der Waals surface area contributed by atoms with E-state index >= 15 is 0 Å². The molecule has 0 aliphatic heterocycles. The zero-order valence-electron chi connectivity index (χ0n) is 12.1. The van der Waals surface area contributed by atoms with Crippen molar-refractivity contribution in [2.75, 3.05) is 17.7 Å². The van der Waals surface area contributed by atoms with E-state index in [-0.39, 0.29) is 0 Å². The molecule has 2 aromatic rings. The highest BCUT2D eigenvalue weighted by molar-refractivity contribution is 5.68. The van der Waals surface area contributed by atoms with Crippen LogP contribution in [0.1, 0.15) is 30.9 Å². The summed E-state index contributed by atoms with van der Waals surface area (Å²) in [5.74, 6) is 0.536. The van der Waals surface area contributed by atoms with Crippen LogP contribution in [-0.4, -0.2) is 7.05 Å². The predicted octanol–water partition coefficient (Wildman–Crippen LogP) is 4.47. The fourth-order valence-corrected chi connectivity index (χ4v) is 2.22. The van der Waals surface area contributed by atoms with Crippen LogP contribution >= 0.6 is 0 Å². The molecule has 2 nitrogen and oxygen atoms in total. The Morgan fingerprint density at radius 3 is 2.42 bits per heavy atom. The van der Waals surface area contributed by atoms with E-state index in [0.29, 0.717) is 5.92 Å². The van der Waals surface area contributed by atoms with Crippen LogP contribution in [0.4, 0.5) is 17.1 Å². The van der Waals surface area contributed by atoms with Crippen LogP contribution in [0.25, 0.3) is 0 Å². The van der Waals surface area contributed by atoms with Crippen LogP contribution in [0.15, 0.2) is 42.5 Å². The van der Waals surface area contributed by atoms with Crippen LogP contribution in [0.2, 0.25) is 0 Å². The summed E-state index contributed by atoms with van der Waals surface area (Å²) in [5, 5.41) is 0. The number of rotatable bonds is 3. The number of nitrogens with two attached hydrogens (primary N) is 1. The lowest BCUT2D eigenvalue weighted by atomic mass is 10.00. The van der Waals surface area contributed by atoms with Gasteiger partial charge < -0.3 is 10.6 Å². The van der Waals surface area contributed by atoms with E-state index < -0.39 is 0 Å². The number of nitrogens with zero attached hydrogens (tertiary/aromatic N) is 1. The second-order valence-electron chi connectivity index (χ2n) is 5.35. The molecule has 0 aromatic heterocycles. The summed E-state index contributed by atoms with van der Waals surface area (Å²) in [6.45, 7) is 6.58. The minimum atomic E-state index is 0.536. The number of hydrogen-bond donors (Lipinski definition) is 1. The van der Waals surface area contributed by atoms with E-state index in [9.17, 15) is 0 Å². The van der Waals surface area contributed by atoms with Gasteiger partial charge in [0.1, 0.15) is 0 Å². The Balaban J connectivity index is 2.43. The molecule has 0 aliphatic rings. The Bertz CT molecular complexity index is 573. The Kier molecular flexibility index (Phi) is 3.79. The number of anilines is 3. The molecule has 0 saturated heterocycles. The Labute approximate surface area is 115 Å². The van der Waals surface area contributed by atoms with Gasteiger partial charge in [0.2, 0.25) is 0 Å². The average molecular weight is 254 g/mol. The third kappa shape index (κ3) is 2.90. The van der Waals surface area contributed by atoms with Gasteiger partial charge in [-0.1, -0.05) is 32.0 Å². The Morgan fingerprint density at radius 1 is 1.05 bits per heavy atom. The van der Waals surface area contributed by atoms with Crippen molar-refractivity contribution in [1.29, 1.82) is 0 Å². The van der Waals surface area contributed by atoms with Gasteiger partial charge in [0.25, 0.3) is 0 Å². The molecule has 0 heterocycles. The van der Waals surface area contributed by atoms with E-state index in [0.717, 1.165) is 11.4 Å². The summed E-state index contributed by atoms with van der Waals surface area (Å²) < 4.78 is 0. The van der Waals surface area contributed by atoms with E-state index in [1.807, 2.05) is 18.2 Å². The quantitative estimate of drug-likeness (QED) is 0.819. The maximum atomic E-state index is 5.86. The molecule has 0 spiro atoms. The number of hydrogen-bond acceptors (Lipinski definition) is 2. The highest BCUT2D eigenvalue weighted by Gasteiger charge is 2.09. The molecule has 2 aromatic carbocycles. The van der Waals surface area contributed by atoms with Crippen molar-refractivity contribution >= 4 is 17.1 Å². The van der Waals surface area contributed by atoms with Crippen LogP contribution in [0, 0.1) is 6.92 Å². The molecule has 19 heavy (non-hydrogen) atoms. The summed E-state index contributed by atoms with van der Waals surface area (Å²) >= 11 is 0. The van der Waals surface area contributed by atoms with Crippen molar-refractivity contribution in [2.24, 2.45) is 0 Å².